The van der Waals surface area contributed by atoms with Crippen molar-refractivity contribution < 1.29 is 4.39 Å². The third-order valence-electron chi connectivity index (χ3n) is 7.60. The van der Waals surface area contributed by atoms with Crippen molar-refractivity contribution in [2.24, 2.45) is 0 Å². The summed E-state index contributed by atoms with van der Waals surface area (Å²) in [6, 6.07) is 16.4. The summed E-state index contributed by atoms with van der Waals surface area (Å²) in [4.78, 5) is 13.2. The van der Waals surface area contributed by atoms with Crippen LogP contribution in [0.5, 0.6) is 0 Å². The topological polar surface area (TPSA) is 35.2 Å². The maximum Gasteiger partial charge on any atom is 0.123 e. The third kappa shape index (κ3) is 3.55. The number of pyridine rings is 1. The Labute approximate surface area is 188 Å². The zero-order valence-corrected chi connectivity index (χ0v) is 18.3. The van der Waals surface area contributed by atoms with Gasteiger partial charge in [-0.1, -0.05) is 18.2 Å². The van der Waals surface area contributed by atoms with Crippen LogP contribution in [0.25, 0.3) is 21.8 Å². The van der Waals surface area contributed by atoms with E-state index in [1.54, 1.807) is 6.07 Å². The molecule has 0 spiro atoms. The lowest BCUT2D eigenvalue weighted by atomic mass is 9.81. The minimum atomic E-state index is -0.147. The average Bonchev–Trinajstić information content (AvgIpc) is 3.27. The van der Waals surface area contributed by atoms with E-state index >= 15 is 0 Å². The molecule has 0 amide bonds. The minimum Gasteiger partial charge on any atom is -0.367 e. The number of nitrogens with one attached hydrogen (secondary N) is 1. The first-order chi connectivity index (χ1) is 15.8. The van der Waals surface area contributed by atoms with Crippen molar-refractivity contribution in [3.63, 3.8) is 0 Å². The van der Waals surface area contributed by atoms with Crippen molar-refractivity contribution in [1.82, 2.24) is 14.9 Å². The van der Waals surface area contributed by atoms with E-state index in [1.165, 1.54) is 48.4 Å². The summed E-state index contributed by atoms with van der Waals surface area (Å²) >= 11 is 0. The molecule has 6 rings (SSSR count). The van der Waals surface area contributed by atoms with E-state index in [0.717, 1.165) is 42.6 Å². The van der Waals surface area contributed by atoms with Gasteiger partial charge in [0.25, 0.3) is 0 Å². The highest BCUT2D eigenvalue weighted by molar-refractivity contribution is 5.90. The van der Waals surface area contributed by atoms with Gasteiger partial charge in [0.05, 0.1) is 11.2 Å². The molecule has 2 aliphatic rings. The van der Waals surface area contributed by atoms with Crippen LogP contribution in [-0.4, -0.2) is 47.1 Å². The highest BCUT2D eigenvalue weighted by Crippen LogP contribution is 2.38. The Morgan fingerprint density at radius 3 is 2.56 bits per heavy atom. The van der Waals surface area contributed by atoms with Crippen molar-refractivity contribution in [2.75, 3.05) is 31.1 Å². The summed E-state index contributed by atoms with van der Waals surface area (Å²) in [5.74, 6) is 0.385. The Morgan fingerprint density at radius 1 is 0.906 bits per heavy atom. The molecular weight excluding hydrogens is 399 g/mol. The highest BCUT2D eigenvalue weighted by atomic mass is 19.1. The van der Waals surface area contributed by atoms with Crippen molar-refractivity contribution in [2.45, 2.75) is 37.6 Å². The number of para-hydroxylation sites is 1. The Bertz CT molecular complexity index is 1230. The SMILES string of the molecule is Fc1ccc2[nH]cc(C3CCC(N4CCN(c5cccc6cccnc56)CC4)CC3)c2c1. The van der Waals surface area contributed by atoms with Crippen LogP contribution in [0.15, 0.2) is 60.9 Å². The lowest BCUT2D eigenvalue weighted by Crippen LogP contribution is -2.51. The fraction of sp³-hybridized carbons (Fsp3) is 0.370. The molecule has 0 bridgehead atoms. The van der Waals surface area contributed by atoms with Crippen LogP contribution < -0.4 is 4.90 Å². The van der Waals surface area contributed by atoms with Crippen molar-refractivity contribution >= 4 is 27.5 Å². The Morgan fingerprint density at radius 2 is 1.72 bits per heavy atom. The zero-order valence-electron chi connectivity index (χ0n) is 18.3. The molecule has 0 atom stereocenters. The van der Waals surface area contributed by atoms with Crippen LogP contribution in [-0.2, 0) is 0 Å². The van der Waals surface area contributed by atoms with E-state index in [1.807, 2.05) is 18.3 Å². The van der Waals surface area contributed by atoms with E-state index in [9.17, 15) is 4.39 Å². The summed E-state index contributed by atoms with van der Waals surface area (Å²) < 4.78 is 13.8. The Kier molecular flexibility index (Phi) is 5.07. The minimum absolute atomic E-state index is 0.147. The van der Waals surface area contributed by atoms with Gasteiger partial charge in [0, 0.05) is 60.9 Å². The predicted molar refractivity (Wildman–Crippen MR) is 129 cm³/mol. The summed E-state index contributed by atoms with van der Waals surface area (Å²) in [7, 11) is 0. The molecule has 0 unspecified atom stereocenters. The van der Waals surface area contributed by atoms with E-state index in [-0.39, 0.29) is 5.82 Å². The number of fused-ring (bicyclic) bond motifs is 2. The van der Waals surface area contributed by atoms with Gasteiger partial charge < -0.3 is 9.88 Å². The van der Waals surface area contributed by atoms with Crippen molar-refractivity contribution in [3.05, 3.63) is 72.3 Å². The van der Waals surface area contributed by atoms with Crippen LogP contribution in [0.2, 0.25) is 0 Å². The second-order valence-electron chi connectivity index (χ2n) is 9.31. The van der Waals surface area contributed by atoms with Crippen molar-refractivity contribution in [3.8, 4) is 0 Å². The second-order valence-corrected chi connectivity index (χ2v) is 9.31. The molecule has 5 heteroatoms. The summed E-state index contributed by atoms with van der Waals surface area (Å²) in [5, 5.41) is 2.27. The first kappa shape index (κ1) is 19.7. The van der Waals surface area contributed by atoms with Gasteiger partial charge in [-0.3, -0.25) is 9.88 Å². The fourth-order valence-corrected chi connectivity index (χ4v) is 5.88. The number of rotatable bonds is 3. The predicted octanol–water partition coefficient (Wildman–Crippen LogP) is 5.70. The summed E-state index contributed by atoms with van der Waals surface area (Å²) in [6.45, 7) is 4.32. The number of hydrogen-bond donors (Lipinski definition) is 1. The standard InChI is InChI=1S/C27H29FN4/c28-21-8-11-25-23(17-21)24(18-30-25)19-6-9-22(10-7-19)31-13-15-32(16-14-31)26-5-1-3-20-4-2-12-29-27(20)26/h1-5,8,11-12,17-19,22,30H,6-7,9-10,13-16H2. The number of nitrogens with zero attached hydrogens (tertiary/aromatic N) is 3. The smallest absolute Gasteiger partial charge is 0.123 e. The second kappa shape index (κ2) is 8.21. The molecule has 3 heterocycles. The molecular formula is C27H29FN4. The molecule has 164 valence electrons. The molecule has 0 radical (unpaired) electrons. The van der Waals surface area contributed by atoms with Gasteiger partial charge in [0.15, 0.2) is 0 Å². The van der Waals surface area contributed by atoms with Crippen LogP contribution in [0, 0.1) is 5.82 Å². The van der Waals surface area contributed by atoms with Gasteiger partial charge in [-0.2, -0.15) is 0 Å². The van der Waals surface area contributed by atoms with Gasteiger partial charge in [0.1, 0.15) is 5.82 Å². The van der Waals surface area contributed by atoms with Gasteiger partial charge in [0.2, 0.25) is 0 Å². The molecule has 1 saturated carbocycles. The zero-order chi connectivity index (χ0) is 21.5. The molecule has 1 aliphatic heterocycles. The Hall–Kier alpha value is -2.92. The number of aromatic nitrogens is 2. The van der Waals surface area contributed by atoms with E-state index < -0.39 is 0 Å². The molecule has 1 N–H and O–H groups in total. The number of aromatic amines is 1. The quantitative estimate of drug-likeness (QED) is 0.454. The number of hydrogen-bond acceptors (Lipinski definition) is 3. The molecule has 2 fully saturated rings. The molecule has 4 aromatic rings. The molecule has 2 aromatic carbocycles. The maximum absolute atomic E-state index is 13.8. The number of piperazine rings is 1. The fourth-order valence-electron chi connectivity index (χ4n) is 5.88. The molecule has 1 saturated heterocycles. The normalized spacial score (nSPS) is 22.6. The van der Waals surface area contributed by atoms with Gasteiger partial charge >= 0.3 is 0 Å². The highest BCUT2D eigenvalue weighted by Gasteiger charge is 2.30. The number of benzene rings is 2. The maximum atomic E-state index is 13.8. The van der Waals surface area contributed by atoms with E-state index in [4.69, 9.17) is 0 Å². The van der Waals surface area contributed by atoms with Crippen LogP contribution in [0.4, 0.5) is 10.1 Å². The van der Waals surface area contributed by atoms with E-state index in [0.29, 0.717) is 12.0 Å². The van der Waals surface area contributed by atoms with Gasteiger partial charge in [-0.25, -0.2) is 4.39 Å². The first-order valence-electron chi connectivity index (χ1n) is 11.9. The number of H-pyrrole nitrogens is 1. The first-order valence-corrected chi connectivity index (χ1v) is 11.9. The molecule has 2 aromatic heterocycles. The number of anilines is 1. The monoisotopic (exact) mass is 428 g/mol. The number of halogens is 1. The molecule has 32 heavy (non-hydrogen) atoms. The van der Waals surface area contributed by atoms with Gasteiger partial charge in [-0.15, -0.1) is 0 Å². The summed E-state index contributed by atoms with van der Waals surface area (Å²) in [6.07, 6.45) is 8.81. The van der Waals surface area contributed by atoms with Crippen molar-refractivity contribution in [1.29, 1.82) is 0 Å². The molecule has 4 nitrogen and oxygen atoms in total. The van der Waals surface area contributed by atoms with Crippen LogP contribution in [0.1, 0.15) is 37.2 Å². The average molecular weight is 429 g/mol. The van der Waals surface area contributed by atoms with Gasteiger partial charge in [-0.05, 0) is 67.5 Å². The summed E-state index contributed by atoms with van der Waals surface area (Å²) in [5.41, 5.74) is 4.71. The largest absolute Gasteiger partial charge is 0.367 e. The van der Waals surface area contributed by atoms with Crippen LogP contribution in [0.3, 0.4) is 0 Å². The molecule has 1 aliphatic carbocycles. The lowest BCUT2D eigenvalue weighted by Gasteiger charge is -2.42. The van der Waals surface area contributed by atoms with E-state index in [2.05, 4.69) is 50.2 Å². The Balaban J connectivity index is 1.09. The lowest BCUT2D eigenvalue weighted by molar-refractivity contribution is 0.141. The third-order valence-corrected chi connectivity index (χ3v) is 7.60. The van der Waals surface area contributed by atoms with Crippen LogP contribution >= 0.6 is 0 Å².